The Morgan fingerprint density at radius 3 is 2.88 bits per heavy atom. The van der Waals surface area contributed by atoms with Crippen molar-refractivity contribution in [3.63, 3.8) is 0 Å². The van der Waals surface area contributed by atoms with E-state index in [0.29, 0.717) is 11.2 Å². The number of rotatable bonds is 5. The fourth-order valence-electron chi connectivity index (χ4n) is 2.13. The van der Waals surface area contributed by atoms with Gasteiger partial charge in [-0.2, -0.15) is 5.10 Å². The van der Waals surface area contributed by atoms with Crippen LogP contribution in [0, 0.1) is 0 Å². The Kier molecular flexibility index (Phi) is 4.17. The average Bonchev–Trinajstić information content (AvgIpc) is 2.99. The number of hydrogen-bond donors (Lipinski definition) is 1. The number of aromatic nitrogens is 3. The van der Waals surface area contributed by atoms with Gasteiger partial charge in [-0.15, -0.1) is 0 Å². The maximum absolute atomic E-state index is 12.3. The zero-order valence-electron chi connectivity index (χ0n) is 12.7. The van der Waals surface area contributed by atoms with E-state index in [4.69, 9.17) is 4.74 Å². The third-order valence-electron chi connectivity index (χ3n) is 3.21. The lowest BCUT2D eigenvalue weighted by molar-refractivity contribution is 0.0528. The third kappa shape index (κ3) is 3.06. The van der Waals surface area contributed by atoms with Crippen LogP contribution in [0.25, 0.3) is 5.52 Å². The molecule has 0 saturated heterocycles. The molecule has 0 bridgehead atoms. The van der Waals surface area contributed by atoms with Crippen LogP contribution in [0.1, 0.15) is 17.3 Å². The number of nitrogens with one attached hydrogen (secondary N) is 1. The summed E-state index contributed by atoms with van der Waals surface area (Å²) in [5.41, 5.74) is 1.01. The van der Waals surface area contributed by atoms with Crippen LogP contribution in [0.3, 0.4) is 0 Å². The van der Waals surface area contributed by atoms with Gasteiger partial charge in [0.05, 0.1) is 24.0 Å². The molecule has 1 N–H and O–H groups in total. The Labute approximate surface area is 138 Å². The van der Waals surface area contributed by atoms with Crippen molar-refractivity contribution in [2.75, 3.05) is 11.3 Å². The number of anilines is 1. The highest BCUT2D eigenvalue weighted by atomic mass is 32.2. The predicted molar refractivity (Wildman–Crippen MR) is 86.2 cm³/mol. The summed E-state index contributed by atoms with van der Waals surface area (Å²) in [6.45, 7) is 1.94. The summed E-state index contributed by atoms with van der Waals surface area (Å²) in [4.78, 5) is 15.8. The Bertz CT molecular complexity index is 983. The molecule has 24 heavy (non-hydrogen) atoms. The van der Waals surface area contributed by atoms with Gasteiger partial charge in [-0.1, -0.05) is 0 Å². The largest absolute Gasteiger partial charge is 0.462 e. The van der Waals surface area contributed by atoms with Crippen LogP contribution in [0.2, 0.25) is 0 Å². The number of ether oxygens (including phenoxy) is 1. The summed E-state index contributed by atoms with van der Waals surface area (Å²) in [5, 5.41) is 4.05. The second-order valence-electron chi connectivity index (χ2n) is 4.82. The maximum atomic E-state index is 12.3. The molecule has 0 aliphatic heterocycles. The van der Waals surface area contributed by atoms with Crippen LogP contribution in [-0.4, -0.2) is 35.6 Å². The summed E-state index contributed by atoms with van der Waals surface area (Å²) < 4.78 is 33.5. The number of esters is 1. The van der Waals surface area contributed by atoms with E-state index in [9.17, 15) is 13.2 Å². The highest BCUT2D eigenvalue weighted by molar-refractivity contribution is 7.92. The summed E-state index contributed by atoms with van der Waals surface area (Å²) in [7, 11) is -3.77. The molecule has 0 atom stereocenters. The number of nitrogens with zero attached hydrogens (tertiary/aromatic N) is 3. The number of carbonyl (C=O) groups excluding carboxylic acids is 1. The van der Waals surface area contributed by atoms with Crippen molar-refractivity contribution in [1.82, 2.24) is 14.6 Å². The summed E-state index contributed by atoms with van der Waals surface area (Å²) >= 11 is 0. The van der Waals surface area contributed by atoms with E-state index in [1.807, 2.05) is 0 Å². The lowest BCUT2D eigenvalue weighted by atomic mass is 10.2. The Balaban J connectivity index is 1.96. The van der Waals surface area contributed by atoms with Crippen LogP contribution in [0.15, 0.2) is 53.9 Å². The summed E-state index contributed by atoms with van der Waals surface area (Å²) in [6, 6.07) is 6.04. The van der Waals surface area contributed by atoms with Crippen molar-refractivity contribution in [3.8, 4) is 0 Å². The molecule has 0 aliphatic carbocycles. The fourth-order valence-corrected chi connectivity index (χ4v) is 3.14. The van der Waals surface area contributed by atoms with E-state index >= 15 is 0 Å². The molecular weight excluding hydrogens is 332 g/mol. The molecule has 0 amide bonds. The highest BCUT2D eigenvalue weighted by Crippen LogP contribution is 2.20. The normalized spacial score (nSPS) is 11.4. The van der Waals surface area contributed by atoms with Crippen LogP contribution < -0.4 is 4.72 Å². The molecule has 0 spiro atoms. The van der Waals surface area contributed by atoms with E-state index in [2.05, 4.69) is 14.8 Å². The van der Waals surface area contributed by atoms with E-state index in [1.54, 1.807) is 19.2 Å². The van der Waals surface area contributed by atoms with Crippen molar-refractivity contribution in [2.45, 2.75) is 11.8 Å². The van der Waals surface area contributed by atoms with Gasteiger partial charge in [-0.05, 0) is 31.2 Å². The number of pyridine rings is 2. The minimum Gasteiger partial charge on any atom is -0.462 e. The van der Waals surface area contributed by atoms with Crippen LogP contribution in [-0.2, 0) is 14.8 Å². The van der Waals surface area contributed by atoms with E-state index in [-0.39, 0.29) is 17.1 Å². The van der Waals surface area contributed by atoms with Gasteiger partial charge in [-0.3, -0.25) is 9.71 Å². The molecule has 3 aromatic heterocycles. The van der Waals surface area contributed by atoms with Gasteiger partial charge < -0.3 is 4.74 Å². The van der Waals surface area contributed by atoms with Crippen molar-refractivity contribution < 1.29 is 17.9 Å². The molecule has 9 heteroatoms. The Morgan fingerprint density at radius 2 is 2.17 bits per heavy atom. The van der Waals surface area contributed by atoms with Gasteiger partial charge >= 0.3 is 5.97 Å². The molecular formula is C15H14N4O4S. The van der Waals surface area contributed by atoms with E-state index < -0.39 is 16.0 Å². The number of sulfonamides is 1. The standard InChI is InChI=1S/C15H14N4O4S/c1-2-23-15(20)13-10-17-19-7-5-11(8-14(13)19)18-24(21,22)12-4-3-6-16-9-12/h3-10,18H,2H2,1H3. The molecule has 0 aliphatic rings. The first-order valence-corrected chi connectivity index (χ1v) is 8.57. The van der Waals surface area contributed by atoms with Crippen molar-refractivity contribution >= 4 is 27.2 Å². The zero-order chi connectivity index (χ0) is 17.2. The van der Waals surface area contributed by atoms with Crippen molar-refractivity contribution in [1.29, 1.82) is 0 Å². The van der Waals surface area contributed by atoms with E-state index in [0.717, 1.165) is 0 Å². The van der Waals surface area contributed by atoms with Crippen LogP contribution in [0.4, 0.5) is 5.69 Å². The third-order valence-corrected chi connectivity index (χ3v) is 4.58. The topological polar surface area (TPSA) is 103 Å². The fraction of sp³-hybridized carbons (Fsp3) is 0.133. The van der Waals surface area contributed by atoms with Gasteiger partial charge in [0.25, 0.3) is 10.0 Å². The summed E-state index contributed by atoms with van der Waals surface area (Å²) in [6.07, 6.45) is 5.68. The number of carbonyl (C=O) groups is 1. The maximum Gasteiger partial charge on any atom is 0.341 e. The smallest absolute Gasteiger partial charge is 0.341 e. The molecule has 0 unspecified atom stereocenters. The minimum absolute atomic E-state index is 0.0454. The molecule has 0 saturated carbocycles. The number of hydrogen-bond acceptors (Lipinski definition) is 6. The Morgan fingerprint density at radius 1 is 1.33 bits per heavy atom. The molecule has 3 aromatic rings. The molecule has 0 fully saturated rings. The zero-order valence-corrected chi connectivity index (χ0v) is 13.5. The van der Waals surface area contributed by atoms with Crippen LogP contribution >= 0.6 is 0 Å². The molecule has 8 nitrogen and oxygen atoms in total. The average molecular weight is 346 g/mol. The first-order chi connectivity index (χ1) is 11.5. The Hall–Kier alpha value is -2.94. The van der Waals surface area contributed by atoms with E-state index in [1.165, 1.54) is 41.3 Å². The van der Waals surface area contributed by atoms with Gasteiger partial charge in [-0.25, -0.2) is 17.7 Å². The summed E-state index contributed by atoms with van der Waals surface area (Å²) in [5.74, 6) is -0.514. The first kappa shape index (κ1) is 15.9. The molecule has 3 heterocycles. The van der Waals surface area contributed by atoms with Crippen molar-refractivity contribution in [3.05, 3.63) is 54.6 Å². The monoisotopic (exact) mass is 346 g/mol. The lowest BCUT2D eigenvalue weighted by Gasteiger charge is -2.08. The second kappa shape index (κ2) is 6.28. The number of fused-ring (bicyclic) bond motifs is 1. The first-order valence-electron chi connectivity index (χ1n) is 7.08. The van der Waals surface area contributed by atoms with Gasteiger partial charge in [0, 0.05) is 18.6 Å². The minimum atomic E-state index is -3.77. The molecule has 0 radical (unpaired) electrons. The SMILES string of the molecule is CCOC(=O)c1cnn2ccc(NS(=O)(=O)c3cccnc3)cc12. The predicted octanol–water partition coefficient (Wildman–Crippen LogP) is 1.71. The molecule has 0 aromatic carbocycles. The van der Waals surface area contributed by atoms with Crippen LogP contribution in [0.5, 0.6) is 0 Å². The van der Waals surface area contributed by atoms with Gasteiger partial charge in [0.15, 0.2) is 0 Å². The van der Waals surface area contributed by atoms with Crippen molar-refractivity contribution in [2.24, 2.45) is 0 Å². The molecule has 124 valence electrons. The van der Waals surface area contributed by atoms with Gasteiger partial charge in [0.2, 0.25) is 0 Å². The lowest BCUT2D eigenvalue weighted by Crippen LogP contribution is -2.13. The van der Waals surface area contributed by atoms with Gasteiger partial charge in [0.1, 0.15) is 10.5 Å². The highest BCUT2D eigenvalue weighted by Gasteiger charge is 2.17. The quantitative estimate of drug-likeness (QED) is 0.706. The molecule has 3 rings (SSSR count). The second-order valence-corrected chi connectivity index (χ2v) is 6.50.